The predicted octanol–water partition coefficient (Wildman–Crippen LogP) is 3.13. The van der Waals surface area contributed by atoms with Gasteiger partial charge in [0.2, 0.25) is 17.7 Å². The molecule has 0 saturated carbocycles. The maximum Gasteiger partial charge on any atom is 0.242 e. The summed E-state index contributed by atoms with van der Waals surface area (Å²) in [4.78, 5) is 39.0. The minimum absolute atomic E-state index is 0.110. The highest BCUT2D eigenvalue weighted by molar-refractivity contribution is 5.88. The number of aliphatic hydroxyl groups excluding tert-OH is 1. The molecule has 0 bridgehead atoms. The second kappa shape index (κ2) is 15.4. The molecular formula is C28H43N3O4. The van der Waals surface area contributed by atoms with Crippen LogP contribution in [-0.4, -0.2) is 48.6 Å². The van der Waals surface area contributed by atoms with E-state index in [0.29, 0.717) is 25.7 Å². The minimum atomic E-state index is -0.693. The third-order valence-corrected chi connectivity index (χ3v) is 6.55. The molecule has 3 amide bonds. The largest absolute Gasteiger partial charge is 0.394 e. The van der Waals surface area contributed by atoms with Crippen LogP contribution < -0.4 is 16.0 Å². The molecule has 0 fully saturated rings. The van der Waals surface area contributed by atoms with Crippen LogP contribution in [0.5, 0.6) is 0 Å². The van der Waals surface area contributed by atoms with Crippen molar-refractivity contribution < 1.29 is 19.5 Å². The number of carbonyl (C=O) groups excluding carboxylic acids is 3. The number of hydrogen-bond acceptors (Lipinski definition) is 4. The molecule has 1 aliphatic rings. The normalized spacial score (nSPS) is 26.0. The summed E-state index contributed by atoms with van der Waals surface area (Å²) < 4.78 is 0. The van der Waals surface area contributed by atoms with Crippen molar-refractivity contribution in [2.75, 3.05) is 13.7 Å². The van der Waals surface area contributed by atoms with Gasteiger partial charge in [0.15, 0.2) is 0 Å². The number of allylic oxidation sites excluding steroid dienone is 2. The Morgan fingerprint density at radius 2 is 1.83 bits per heavy atom. The zero-order valence-electron chi connectivity index (χ0n) is 21.5. The second-order valence-electron chi connectivity index (χ2n) is 10.0. The molecule has 3 unspecified atom stereocenters. The summed E-state index contributed by atoms with van der Waals surface area (Å²) in [5.41, 5.74) is 1.10. The van der Waals surface area contributed by atoms with E-state index < -0.39 is 12.1 Å². The maximum absolute atomic E-state index is 13.4. The molecule has 4 N–H and O–H groups in total. The Kier molecular flexibility index (Phi) is 12.5. The Balaban J connectivity index is 2.26. The monoisotopic (exact) mass is 485 g/mol. The first-order valence-corrected chi connectivity index (χ1v) is 13.0. The van der Waals surface area contributed by atoms with Crippen molar-refractivity contribution in [3.05, 3.63) is 48.0 Å². The van der Waals surface area contributed by atoms with Gasteiger partial charge in [-0.15, -0.1) is 0 Å². The summed E-state index contributed by atoms with van der Waals surface area (Å²) in [5.74, 6) is -0.915. The van der Waals surface area contributed by atoms with Gasteiger partial charge in [0.1, 0.15) is 6.04 Å². The van der Waals surface area contributed by atoms with Gasteiger partial charge in [-0.05, 0) is 56.4 Å². The Bertz CT molecular complexity index is 825. The Labute approximate surface area is 210 Å². The lowest BCUT2D eigenvalue weighted by Gasteiger charge is -2.27. The van der Waals surface area contributed by atoms with Crippen molar-refractivity contribution in [1.82, 2.24) is 16.0 Å². The second-order valence-corrected chi connectivity index (χ2v) is 10.0. The topological polar surface area (TPSA) is 108 Å². The number of benzene rings is 1. The van der Waals surface area contributed by atoms with Crippen LogP contribution >= 0.6 is 0 Å². The highest BCUT2D eigenvalue weighted by Gasteiger charge is 2.29. The zero-order chi connectivity index (χ0) is 25.6. The van der Waals surface area contributed by atoms with Crippen LogP contribution in [0.25, 0.3) is 0 Å². The molecule has 0 radical (unpaired) electrons. The van der Waals surface area contributed by atoms with E-state index in [-0.39, 0.29) is 42.1 Å². The van der Waals surface area contributed by atoms with E-state index >= 15 is 0 Å². The molecule has 7 heteroatoms. The molecule has 35 heavy (non-hydrogen) atoms. The summed E-state index contributed by atoms with van der Waals surface area (Å²) in [5, 5.41) is 18.5. The maximum atomic E-state index is 13.4. The van der Waals surface area contributed by atoms with Gasteiger partial charge >= 0.3 is 0 Å². The van der Waals surface area contributed by atoms with Crippen LogP contribution in [0.15, 0.2) is 42.5 Å². The van der Waals surface area contributed by atoms with E-state index in [1.165, 1.54) is 0 Å². The lowest BCUT2D eigenvalue weighted by Crippen LogP contribution is -2.53. The standard InChI is InChI=1S/C28H43N3O4/c1-20(2)16-25-28(35)30-24(19-32)18-23(26(33)29-3)15-11-6-4-5-10-14-22(27(34)31-25)17-21-12-8-7-9-13-21/h6-9,11-13,20,22-25,32H,4-5,10,14-19H2,1-3H3,(H,29,33)(H,30,35)(H,31,34)/b11-6-/t22?,23?,24?,25-/m0/s1. The molecule has 4 atom stereocenters. The highest BCUT2D eigenvalue weighted by Crippen LogP contribution is 2.19. The lowest BCUT2D eigenvalue weighted by atomic mass is 9.91. The van der Waals surface area contributed by atoms with Crippen LogP contribution in [0.2, 0.25) is 0 Å². The van der Waals surface area contributed by atoms with Crippen molar-refractivity contribution >= 4 is 17.7 Å². The van der Waals surface area contributed by atoms with E-state index in [4.69, 9.17) is 0 Å². The van der Waals surface area contributed by atoms with E-state index in [9.17, 15) is 19.5 Å². The van der Waals surface area contributed by atoms with Gasteiger partial charge in [-0.1, -0.05) is 62.8 Å². The third kappa shape index (κ3) is 10.2. The molecule has 0 saturated heterocycles. The van der Waals surface area contributed by atoms with Crippen molar-refractivity contribution in [3.63, 3.8) is 0 Å². The zero-order valence-corrected chi connectivity index (χ0v) is 21.5. The molecule has 194 valence electrons. The number of carbonyl (C=O) groups is 3. The minimum Gasteiger partial charge on any atom is -0.394 e. The average Bonchev–Trinajstić information content (AvgIpc) is 2.84. The van der Waals surface area contributed by atoms with Crippen molar-refractivity contribution in [1.29, 1.82) is 0 Å². The molecule has 1 heterocycles. The van der Waals surface area contributed by atoms with Gasteiger partial charge in [0, 0.05) is 18.9 Å². The molecule has 7 nitrogen and oxygen atoms in total. The van der Waals surface area contributed by atoms with E-state index in [2.05, 4.69) is 22.0 Å². The quantitative estimate of drug-likeness (QED) is 0.464. The van der Waals surface area contributed by atoms with Gasteiger partial charge in [0.25, 0.3) is 0 Å². The number of nitrogens with one attached hydrogen (secondary N) is 3. The van der Waals surface area contributed by atoms with Gasteiger partial charge in [-0.3, -0.25) is 14.4 Å². The lowest BCUT2D eigenvalue weighted by molar-refractivity contribution is -0.132. The van der Waals surface area contributed by atoms with Crippen LogP contribution in [0, 0.1) is 17.8 Å². The van der Waals surface area contributed by atoms with E-state index in [1.54, 1.807) is 7.05 Å². The molecule has 0 aliphatic carbocycles. The van der Waals surface area contributed by atoms with Crippen molar-refractivity contribution in [2.24, 2.45) is 17.8 Å². The predicted molar refractivity (Wildman–Crippen MR) is 138 cm³/mol. The fourth-order valence-corrected chi connectivity index (χ4v) is 4.59. The van der Waals surface area contributed by atoms with Crippen LogP contribution in [0.3, 0.4) is 0 Å². The first-order chi connectivity index (χ1) is 16.8. The Hall–Kier alpha value is -2.67. The number of hydrogen-bond donors (Lipinski definition) is 4. The number of rotatable bonds is 6. The van der Waals surface area contributed by atoms with Crippen LogP contribution in [-0.2, 0) is 20.8 Å². The summed E-state index contributed by atoms with van der Waals surface area (Å²) in [6, 6.07) is 8.71. The molecule has 1 aromatic rings. The molecule has 2 rings (SSSR count). The smallest absolute Gasteiger partial charge is 0.242 e. The average molecular weight is 486 g/mol. The van der Waals surface area contributed by atoms with Crippen LogP contribution in [0.4, 0.5) is 0 Å². The first-order valence-electron chi connectivity index (χ1n) is 13.0. The fourth-order valence-electron chi connectivity index (χ4n) is 4.59. The summed E-state index contributed by atoms with van der Waals surface area (Å²) in [6.07, 6.45) is 9.58. The number of amides is 3. The summed E-state index contributed by atoms with van der Waals surface area (Å²) in [6.45, 7) is 3.75. The summed E-state index contributed by atoms with van der Waals surface area (Å²) >= 11 is 0. The Morgan fingerprint density at radius 1 is 1.09 bits per heavy atom. The first kappa shape index (κ1) is 28.6. The van der Waals surface area contributed by atoms with E-state index in [1.807, 2.05) is 50.3 Å². The molecule has 0 aromatic heterocycles. The summed E-state index contributed by atoms with van der Waals surface area (Å²) in [7, 11) is 1.59. The molecule has 1 aliphatic heterocycles. The van der Waals surface area contributed by atoms with Gasteiger partial charge in [0.05, 0.1) is 12.6 Å². The van der Waals surface area contributed by atoms with Gasteiger partial charge in [-0.25, -0.2) is 0 Å². The van der Waals surface area contributed by atoms with Crippen molar-refractivity contribution in [3.8, 4) is 0 Å². The third-order valence-electron chi connectivity index (χ3n) is 6.55. The SMILES string of the molecule is CNC(=O)C1C/C=C\CCCCC(Cc2ccccc2)C(=O)N[C@@H](CC(C)C)C(=O)NC(CO)C1. The highest BCUT2D eigenvalue weighted by atomic mass is 16.3. The Morgan fingerprint density at radius 3 is 2.49 bits per heavy atom. The van der Waals surface area contributed by atoms with Crippen LogP contribution in [0.1, 0.15) is 64.4 Å². The van der Waals surface area contributed by atoms with E-state index in [0.717, 1.165) is 31.2 Å². The van der Waals surface area contributed by atoms with Gasteiger partial charge < -0.3 is 21.1 Å². The molecule has 1 aromatic carbocycles. The number of aliphatic hydroxyl groups is 1. The fraction of sp³-hybridized carbons (Fsp3) is 0.607. The molecule has 0 spiro atoms. The molecular weight excluding hydrogens is 442 g/mol. The van der Waals surface area contributed by atoms with Crippen molar-refractivity contribution in [2.45, 2.75) is 77.3 Å². The van der Waals surface area contributed by atoms with Gasteiger partial charge in [-0.2, -0.15) is 0 Å².